The van der Waals surface area contributed by atoms with Gasteiger partial charge in [-0.15, -0.1) is 0 Å². The Hall–Kier alpha value is -2.67. The molecule has 0 aliphatic heterocycles. The van der Waals surface area contributed by atoms with E-state index in [1.807, 2.05) is 6.07 Å². The topological polar surface area (TPSA) is 92.3 Å². The van der Waals surface area contributed by atoms with Gasteiger partial charge in [0, 0.05) is 24.7 Å². The Labute approximate surface area is 153 Å². The van der Waals surface area contributed by atoms with E-state index < -0.39 is 9.84 Å². The molecule has 0 aliphatic carbocycles. The minimum Gasteiger partial charge on any atom is -0.352 e. The van der Waals surface area contributed by atoms with Gasteiger partial charge in [-0.1, -0.05) is 36.4 Å². The second-order valence-electron chi connectivity index (χ2n) is 5.95. The fraction of sp³-hybridized carbons (Fsp3) is 0.263. The summed E-state index contributed by atoms with van der Waals surface area (Å²) in [6.45, 7) is 1.65. The molecule has 7 heteroatoms. The monoisotopic (exact) mass is 374 g/mol. The third kappa shape index (κ3) is 6.68. The summed E-state index contributed by atoms with van der Waals surface area (Å²) < 4.78 is 24.2. The largest absolute Gasteiger partial charge is 0.352 e. The van der Waals surface area contributed by atoms with E-state index in [0.29, 0.717) is 17.7 Å². The predicted octanol–water partition coefficient (Wildman–Crippen LogP) is 2.38. The zero-order valence-electron chi connectivity index (χ0n) is 14.6. The molecule has 0 atom stereocenters. The summed E-state index contributed by atoms with van der Waals surface area (Å²) in [5.74, 6) is -0.516. The molecule has 2 aromatic carbocycles. The van der Waals surface area contributed by atoms with E-state index in [-0.39, 0.29) is 29.9 Å². The van der Waals surface area contributed by atoms with Crippen molar-refractivity contribution in [1.82, 2.24) is 5.32 Å². The number of hydrogen-bond donors (Lipinski definition) is 2. The van der Waals surface area contributed by atoms with Crippen LogP contribution in [0.25, 0.3) is 0 Å². The molecule has 0 radical (unpaired) electrons. The van der Waals surface area contributed by atoms with Gasteiger partial charge in [-0.3, -0.25) is 9.59 Å². The minimum atomic E-state index is -3.22. The smallest absolute Gasteiger partial charge is 0.251 e. The Morgan fingerprint density at radius 2 is 1.73 bits per heavy atom. The highest BCUT2D eigenvalue weighted by molar-refractivity contribution is 7.90. The Morgan fingerprint density at radius 1 is 1.00 bits per heavy atom. The van der Waals surface area contributed by atoms with Crippen molar-refractivity contribution in [3.63, 3.8) is 0 Å². The van der Waals surface area contributed by atoms with Crippen molar-refractivity contribution >= 4 is 27.3 Å². The summed E-state index contributed by atoms with van der Waals surface area (Å²) in [6, 6.07) is 15.6. The zero-order chi connectivity index (χ0) is 19.0. The summed E-state index contributed by atoms with van der Waals surface area (Å²) >= 11 is 0. The fourth-order valence-corrected chi connectivity index (χ4v) is 3.87. The SMILES string of the molecule is CC(=O)Nc1cccc(C(=O)NCCCS(=O)(=O)Cc2ccccc2)c1. The molecule has 0 unspecified atom stereocenters. The van der Waals surface area contributed by atoms with Gasteiger partial charge in [0.2, 0.25) is 5.91 Å². The molecule has 0 heterocycles. The van der Waals surface area contributed by atoms with Crippen LogP contribution in [0.2, 0.25) is 0 Å². The quantitative estimate of drug-likeness (QED) is 0.694. The first kappa shape index (κ1) is 19.7. The molecular weight excluding hydrogens is 352 g/mol. The average Bonchev–Trinajstić information content (AvgIpc) is 2.58. The first-order valence-electron chi connectivity index (χ1n) is 8.26. The van der Waals surface area contributed by atoms with Crippen molar-refractivity contribution in [3.05, 3.63) is 65.7 Å². The van der Waals surface area contributed by atoms with Gasteiger partial charge in [-0.25, -0.2) is 8.42 Å². The summed E-state index contributed by atoms with van der Waals surface area (Å²) in [7, 11) is -3.22. The molecule has 2 N–H and O–H groups in total. The molecule has 0 spiro atoms. The molecule has 138 valence electrons. The van der Waals surface area contributed by atoms with Crippen molar-refractivity contribution in [3.8, 4) is 0 Å². The molecule has 0 aromatic heterocycles. The van der Waals surface area contributed by atoms with E-state index in [1.54, 1.807) is 48.5 Å². The minimum absolute atomic E-state index is 0.000543. The number of rotatable bonds is 8. The summed E-state index contributed by atoms with van der Waals surface area (Å²) in [6.07, 6.45) is 0.340. The summed E-state index contributed by atoms with van der Waals surface area (Å²) in [5, 5.41) is 5.31. The van der Waals surface area contributed by atoms with Crippen molar-refractivity contribution in [1.29, 1.82) is 0 Å². The van der Waals surface area contributed by atoms with Gasteiger partial charge >= 0.3 is 0 Å². The normalized spacial score (nSPS) is 11.0. The maximum atomic E-state index is 12.1. The van der Waals surface area contributed by atoms with Crippen LogP contribution in [0, 0.1) is 0 Å². The molecule has 26 heavy (non-hydrogen) atoms. The molecule has 6 nitrogen and oxygen atoms in total. The van der Waals surface area contributed by atoms with Crippen LogP contribution >= 0.6 is 0 Å². The Morgan fingerprint density at radius 3 is 2.42 bits per heavy atom. The molecule has 2 aromatic rings. The molecule has 2 amide bonds. The Kier molecular flexibility index (Phi) is 6.91. The molecular formula is C19H22N2O4S. The van der Waals surface area contributed by atoms with E-state index in [1.165, 1.54) is 6.92 Å². The lowest BCUT2D eigenvalue weighted by atomic mass is 10.2. The number of benzene rings is 2. The van der Waals surface area contributed by atoms with E-state index in [4.69, 9.17) is 0 Å². The lowest BCUT2D eigenvalue weighted by molar-refractivity contribution is -0.114. The van der Waals surface area contributed by atoms with E-state index in [0.717, 1.165) is 5.56 Å². The Balaban J connectivity index is 1.80. The number of anilines is 1. The van der Waals surface area contributed by atoms with E-state index in [9.17, 15) is 18.0 Å². The van der Waals surface area contributed by atoms with Crippen molar-refractivity contribution in [2.24, 2.45) is 0 Å². The lowest BCUT2D eigenvalue weighted by Gasteiger charge is -2.08. The molecule has 2 rings (SSSR count). The van der Waals surface area contributed by atoms with Crippen molar-refractivity contribution in [2.75, 3.05) is 17.6 Å². The zero-order valence-corrected chi connectivity index (χ0v) is 15.4. The second kappa shape index (κ2) is 9.15. The number of amides is 2. The van der Waals surface area contributed by atoms with Crippen LogP contribution in [0.1, 0.15) is 29.3 Å². The second-order valence-corrected chi connectivity index (χ2v) is 8.13. The third-order valence-electron chi connectivity index (χ3n) is 3.59. The highest BCUT2D eigenvalue weighted by Gasteiger charge is 2.12. The molecule has 0 saturated carbocycles. The molecule has 0 bridgehead atoms. The Bertz CT molecular complexity index is 864. The van der Waals surface area contributed by atoms with Crippen LogP contribution < -0.4 is 10.6 Å². The number of nitrogens with one attached hydrogen (secondary N) is 2. The third-order valence-corrected chi connectivity index (χ3v) is 5.28. The van der Waals surface area contributed by atoms with Gasteiger partial charge in [0.1, 0.15) is 0 Å². The van der Waals surface area contributed by atoms with Crippen molar-refractivity contribution in [2.45, 2.75) is 19.1 Å². The highest BCUT2D eigenvalue weighted by Crippen LogP contribution is 2.11. The van der Waals surface area contributed by atoms with Crippen LogP contribution in [0.3, 0.4) is 0 Å². The summed E-state index contributed by atoms with van der Waals surface area (Å²) in [4.78, 5) is 23.2. The van der Waals surface area contributed by atoms with Crippen LogP contribution in [0.4, 0.5) is 5.69 Å². The van der Waals surface area contributed by atoms with Crippen LogP contribution in [0.15, 0.2) is 54.6 Å². The highest BCUT2D eigenvalue weighted by atomic mass is 32.2. The molecule has 0 fully saturated rings. The van der Waals surface area contributed by atoms with E-state index in [2.05, 4.69) is 10.6 Å². The molecule has 0 aliphatic rings. The number of sulfone groups is 1. The average molecular weight is 374 g/mol. The van der Waals surface area contributed by atoms with Gasteiger partial charge in [0.25, 0.3) is 5.91 Å². The predicted molar refractivity (Wildman–Crippen MR) is 102 cm³/mol. The standard InChI is InChI=1S/C19H22N2O4S/c1-15(22)21-18-10-5-9-17(13-18)19(23)20-11-6-12-26(24,25)14-16-7-3-2-4-8-16/h2-5,7-10,13H,6,11-12,14H2,1H3,(H,20,23)(H,21,22). The summed E-state index contributed by atoms with van der Waals surface area (Å²) in [5.41, 5.74) is 1.70. The molecule has 0 saturated heterocycles. The van der Waals surface area contributed by atoms with Gasteiger partial charge in [-0.2, -0.15) is 0 Å². The fourth-order valence-electron chi connectivity index (χ4n) is 2.44. The van der Waals surface area contributed by atoms with Gasteiger partial charge < -0.3 is 10.6 Å². The van der Waals surface area contributed by atoms with Gasteiger partial charge in [-0.05, 0) is 30.2 Å². The van der Waals surface area contributed by atoms with Crippen LogP contribution in [-0.2, 0) is 20.4 Å². The maximum absolute atomic E-state index is 12.1. The maximum Gasteiger partial charge on any atom is 0.251 e. The number of carbonyl (C=O) groups excluding carboxylic acids is 2. The van der Waals surface area contributed by atoms with Crippen LogP contribution in [-0.4, -0.2) is 32.5 Å². The lowest BCUT2D eigenvalue weighted by Crippen LogP contribution is -2.26. The van der Waals surface area contributed by atoms with Gasteiger partial charge in [0.05, 0.1) is 11.5 Å². The van der Waals surface area contributed by atoms with Crippen LogP contribution in [0.5, 0.6) is 0 Å². The first-order valence-corrected chi connectivity index (χ1v) is 10.1. The first-order chi connectivity index (χ1) is 12.4. The van der Waals surface area contributed by atoms with Gasteiger partial charge in [0.15, 0.2) is 9.84 Å². The number of hydrogen-bond acceptors (Lipinski definition) is 4. The van der Waals surface area contributed by atoms with Crippen molar-refractivity contribution < 1.29 is 18.0 Å². The number of carbonyl (C=O) groups is 2. The van der Waals surface area contributed by atoms with E-state index >= 15 is 0 Å².